The highest BCUT2D eigenvalue weighted by Gasteiger charge is 2.40. The number of carbonyl (C=O) groups excluding carboxylic acids is 2. The van der Waals surface area contributed by atoms with E-state index in [4.69, 9.17) is 16.3 Å². The summed E-state index contributed by atoms with van der Waals surface area (Å²) in [6.45, 7) is 1.72. The van der Waals surface area contributed by atoms with E-state index in [2.05, 4.69) is 5.32 Å². The number of Topliss-reactive ketones (excluding diaryl/α,β-unsaturated/α-hetero) is 1. The largest absolute Gasteiger partial charge is 0.466 e. The number of ether oxygens (including phenoxy) is 1. The maximum absolute atomic E-state index is 14.6. The fourth-order valence-corrected chi connectivity index (χ4v) is 3.71. The van der Waals surface area contributed by atoms with Gasteiger partial charge in [0, 0.05) is 34.0 Å². The molecule has 24 heavy (non-hydrogen) atoms. The highest BCUT2D eigenvalue weighted by molar-refractivity contribution is 6.31. The van der Waals surface area contributed by atoms with Crippen LogP contribution in [0.15, 0.2) is 40.7 Å². The van der Waals surface area contributed by atoms with E-state index in [9.17, 15) is 14.0 Å². The second-order valence-electron chi connectivity index (χ2n) is 5.89. The van der Waals surface area contributed by atoms with E-state index in [1.165, 1.54) is 19.2 Å². The SMILES string of the molecule is COC(=O)C1=C(C)NC2=C(C(=O)CCC2)[C@H]1c1c(F)cccc1Cl. The molecule has 4 nitrogen and oxygen atoms in total. The first kappa shape index (κ1) is 16.7. The molecule has 1 aromatic carbocycles. The van der Waals surface area contributed by atoms with E-state index in [1.54, 1.807) is 13.0 Å². The van der Waals surface area contributed by atoms with Gasteiger partial charge in [-0.3, -0.25) is 4.79 Å². The van der Waals surface area contributed by atoms with Crippen molar-refractivity contribution in [1.29, 1.82) is 0 Å². The average Bonchev–Trinajstić information content (AvgIpc) is 2.53. The Morgan fingerprint density at radius 2 is 2.12 bits per heavy atom. The fraction of sp³-hybridized carbons (Fsp3) is 0.333. The number of rotatable bonds is 2. The Labute approximate surface area is 144 Å². The van der Waals surface area contributed by atoms with E-state index in [0.29, 0.717) is 24.1 Å². The van der Waals surface area contributed by atoms with Crippen LogP contribution in [0.1, 0.15) is 37.7 Å². The number of benzene rings is 1. The second kappa shape index (κ2) is 6.40. The first-order valence-corrected chi connectivity index (χ1v) is 8.09. The Hall–Kier alpha value is -2.14. The topological polar surface area (TPSA) is 55.4 Å². The summed E-state index contributed by atoms with van der Waals surface area (Å²) in [6, 6.07) is 4.33. The van der Waals surface area contributed by atoms with Crippen LogP contribution in [0.5, 0.6) is 0 Å². The Balaban J connectivity index is 2.28. The normalized spacial score (nSPS) is 20.7. The number of methoxy groups -OCH3 is 1. The lowest BCUT2D eigenvalue weighted by atomic mass is 9.75. The van der Waals surface area contributed by atoms with Gasteiger partial charge in [0.25, 0.3) is 0 Å². The van der Waals surface area contributed by atoms with E-state index >= 15 is 0 Å². The number of carbonyl (C=O) groups is 2. The zero-order valence-electron chi connectivity index (χ0n) is 13.4. The van der Waals surface area contributed by atoms with Gasteiger partial charge in [-0.15, -0.1) is 0 Å². The number of hydrogen-bond acceptors (Lipinski definition) is 4. The summed E-state index contributed by atoms with van der Waals surface area (Å²) >= 11 is 6.23. The number of esters is 1. The second-order valence-corrected chi connectivity index (χ2v) is 6.30. The summed E-state index contributed by atoms with van der Waals surface area (Å²) in [5.74, 6) is -2.10. The van der Waals surface area contributed by atoms with Gasteiger partial charge in [-0.2, -0.15) is 0 Å². The molecule has 0 fully saturated rings. The van der Waals surface area contributed by atoms with E-state index < -0.39 is 17.7 Å². The lowest BCUT2D eigenvalue weighted by Crippen LogP contribution is -2.34. The molecule has 1 aliphatic heterocycles. The molecule has 1 atom stereocenters. The van der Waals surface area contributed by atoms with Crippen molar-refractivity contribution in [3.8, 4) is 0 Å². The van der Waals surface area contributed by atoms with Crippen LogP contribution < -0.4 is 5.32 Å². The first-order chi connectivity index (χ1) is 11.5. The third-order valence-electron chi connectivity index (χ3n) is 4.47. The molecule has 0 spiro atoms. The summed E-state index contributed by atoms with van der Waals surface area (Å²) in [6.07, 6.45) is 1.77. The smallest absolute Gasteiger partial charge is 0.336 e. The number of hydrogen-bond donors (Lipinski definition) is 1. The van der Waals surface area contributed by atoms with Crippen molar-refractivity contribution in [3.05, 3.63) is 57.1 Å². The molecule has 1 heterocycles. The number of ketones is 1. The van der Waals surface area contributed by atoms with Crippen molar-refractivity contribution in [2.24, 2.45) is 0 Å². The minimum atomic E-state index is -0.852. The number of allylic oxidation sites excluding steroid dienone is 3. The third kappa shape index (κ3) is 2.63. The highest BCUT2D eigenvalue weighted by atomic mass is 35.5. The van der Waals surface area contributed by atoms with Crippen LogP contribution in [0.4, 0.5) is 4.39 Å². The van der Waals surface area contributed by atoms with E-state index in [0.717, 1.165) is 12.1 Å². The Kier molecular flexibility index (Phi) is 4.45. The summed E-state index contributed by atoms with van der Waals surface area (Å²) in [4.78, 5) is 24.9. The predicted molar refractivity (Wildman–Crippen MR) is 87.9 cm³/mol. The van der Waals surface area contributed by atoms with Crippen LogP contribution in [0.25, 0.3) is 0 Å². The van der Waals surface area contributed by atoms with Gasteiger partial charge in [-0.05, 0) is 31.9 Å². The summed E-state index contributed by atoms with van der Waals surface area (Å²) in [7, 11) is 1.26. The van der Waals surface area contributed by atoms with Crippen molar-refractivity contribution in [1.82, 2.24) is 5.32 Å². The molecule has 6 heteroatoms. The maximum atomic E-state index is 14.6. The molecule has 0 aromatic heterocycles. The molecule has 2 aliphatic rings. The molecular weight excluding hydrogens is 333 g/mol. The van der Waals surface area contributed by atoms with Crippen molar-refractivity contribution < 1.29 is 18.7 Å². The lowest BCUT2D eigenvalue weighted by Gasteiger charge is -2.34. The first-order valence-electron chi connectivity index (χ1n) is 7.72. The van der Waals surface area contributed by atoms with Crippen LogP contribution in [0.3, 0.4) is 0 Å². The Morgan fingerprint density at radius 1 is 1.38 bits per heavy atom. The van der Waals surface area contributed by atoms with Gasteiger partial charge in [0.2, 0.25) is 0 Å². The van der Waals surface area contributed by atoms with Crippen LogP contribution in [0, 0.1) is 5.82 Å². The molecule has 1 aliphatic carbocycles. The molecule has 0 amide bonds. The zero-order chi connectivity index (χ0) is 17.4. The summed E-state index contributed by atoms with van der Waals surface area (Å²) < 4.78 is 19.4. The van der Waals surface area contributed by atoms with Crippen LogP contribution in [-0.4, -0.2) is 18.9 Å². The quantitative estimate of drug-likeness (QED) is 0.828. The van der Waals surface area contributed by atoms with Crippen molar-refractivity contribution in [2.45, 2.75) is 32.1 Å². The minimum absolute atomic E-state index is 0.0954. The van der Waals surface area contributed by atoms with Gasteiger partial charge in [-0.25, -0.2) is 9.18 Å². The van der Waals surface area contributed by atoms with Gasteiger partial charge in [-0.1, -0.05) is 17.7 Å². The van der Waals surface area contributed by atoms with Gasteiger partial charge in [0.1, 0.15) is 5.82 Å². The lowest BCUT2D eigenvalue weighted by molar-refractivity contribution is -0.136. The maximum Gasteiger partial charge on any atom is 0.336 e. The van der Waals surface area contributed by atoms with Crippen molar-refractivity contribution >= 4 is 23.4 Å². The highest BCUT2D eigenvalue weighted by Crippen LogP contribution is 2.45. The van der Waals surface area contributed by atoms with Gasteiger partial charge < -0.3 is 10.1 Å². The van der Waals surface area contributed by atoms with Crippen molar-refractivity contribution in [2.75, 3.05) is 7.11 Å². The fourth-order valence-electron chi connectivity index (χ4n) is 3.44. The molecular formula is C18H17ClFNO3. The molecule has 0 saturated carbocycles. The number of nitrogens with one attached hydrogen (secondary N) is 1. The van der Waals surface area contributed by atoms with E-state index in [1.807, 2.05) is 0 Å². The molecule has 0 radical (unpaired) electrons. The predicted octanol–water partition coefficient (Wildman–Crippen LogP) is 3.62. The average molecular weight is 350 g/mol. The molecule has 0 saturated heterocycles. The summed E-state index contributed by atoms with van der Waals surface area (Å²) in [5.41, 5.74) is 2.07. The summed E-state index contributed by atoms with van der Waals surface area (Å²) in [5, 5.41) is 3.31. The van der Waals surface area contributed by atoms with E-state index in [-0.39, 0.29) is 21.9 Å². The molecule has 126 valence electrons. The molecule has 0 bridgehead atoms. The molecule has 0 unspecified atom stereocenters. The van der Waals surface area contributed by atoms with Crippen LogP contribution >= 0.6 is 11.6 Å². The molecule has 1 N–H and O–H groups in total. The standard InChI is InChI=1S/C18H17ClFNO3/c1-9-14(18(23)24-2)17(15-10(19)5-3-6-11(15)20)16-12(21-9)7-4-8-13(16)22/h3,5-6,17,21H,4,7-8H2,1-2H3/t17-/m1/s1. The van der Waals surface area contributed by atoms with Gasteiger partial charge in [0.05, 0.1) is 18.6 Å². The minimum Gasteiger partial charge on any atom is -0.466 e. The van der Waals surface area contributed by atoms with Crippen LogP contribution in [-0.2, 0) is 14.3 Å². The van der Waals surface area contributed by atoms with Gasteiger partial charge in [0.15, 0.2) is 5.78 Å². The monoisotopic (exact) mass is 349 g/mol. The van der Waals surface area contributed by atoms with Gasteiger partial charge >= 0.3 is 5.97 Å². The van der Waals surface area contributed by atoms with Crippen molar-refractivity contribution in [3.63, 3.8) is 0 Å². The Bertz CT molecular complexity index is 777. The number of dihydropyridines is 1. The van der Waals surface area contributed by atoms with Crippen LogP contribution in [0.2, 0.25) is 5.02 Å². The third-order valence-corrected chi connectivity index (χ3v) is 4.80. The zero-order valence-corrected chi connectivity index (χ0v) is 14.2. The molecule has 1 aromatic rings. The Morgan fingerprint density at radius 3 is 2.79 bits per heavy atom. The molecule has 3 rings (SSSR count). The number of halogens is 2.